The Hall–Kier alpha value is -2.47. The van der Waals surface area contributed by atoms with Gasteiger partial charge in [-0.3, -0.25) is 14.5 Å². The smallest absolute Gasteiger partial charge is 0.414 e. The van der Waals surface area contributed by atoms with Crippen molar-refractivity contribution in [3.63, 3.8) is 0 Å². The summed E-state index contributed by atoms with van der Waals surface area (Å²) < 4.78 is 10.5. The molecule has 202 valence electrons. The fourth-order valence-electron chi connectivity index (χ4n) is 3.38. The molecule has 8 nitrogen and oxygen atoms in total. The lowest BCUT2D eigenvalue weighted by Crippen LogP contribution is -2.45. The van der Waals surface area contributed by atoms with E-state index in [4.69, 9.17) is 9.47 Å². The van der Waals surface area contributed by atoms with Gasteiger partial charge in [-0.2, -0.15) is 0 Å². The Morgan fingerprint density at radius 1 is 0.917 bits per heavy atom. The molecule has 2 unspecified atom stereocenters. The van der Waals surface area contributed by atoms with E-state index in [9.17, 15) is 19.2 Å². The highest BCUT2D eigenvalue weighted by Crippen LogP contribution is 2.18. The minimum atomic E-state index is -1.20. The van der Waals surface area contributed by atoms with Crippen LogP contribution in [0.2, 0.25) is 51.4 Å². The Morgan fingerprint density at radius 3 is 1.94 bits per heavy atom. The number of likely N-dealkylation sites (tertiary alicyclic amines) is 1. The first-order chi connectivity index (χ1) is 16.7. The minimum absolute atomic E-state index is 0.00560. The fourth-order valence-corrected chi connectivity index (χ4v) is 4.81. The van der Waals surface area contributed by atoms with Crippen LogP contribution in [0.25, 0.3) is 0 Å². The Morgan fingerprint density at radius 2 is 1.44 bits per heavy atom. The van der Waals surface area contributed by atoms with Gasteiger partial charge in [-0.05, 0) is 18.2 Å². The molecule has 0 bridgehead atoms. The first kappa shape index (κ1) is 31.6. The first-order valence-corrected chi connectivity index (χ1v) is 19.9. The summed E-state index contributed by atoms with van der Waals surface area (Å²) in [5.41, 5.74) is 0. The Kier molecular flexibility index (Phi) is 12.6. The maximum Gasteiger partial charge on any atom is 0.414 e. The molecule has 0 spiro atoms. The van der Waals surface area contributed by atoms with Crippen molar-refractivity contribution >= 4 is 39.9 Å². The van der Waals surface area contributed by atoms with Crippen LogP contribution in [0.5, 0.6) is 0 Å². The molecule has 0 saturated carbocycles. The van der Waals surface area contributed by atoms with Gasteiger partial charge < -0.3 is 14.4 Å². The van der Waals surface area contributed by atoms with Gasteiger partial charge in [0.1, 0.15) is 5.78 Å². The Balaban J connectivity index is 0.000000360. The van der Waals surface area contributed by atoms with Crippen molar-refractivity contribution < 1.29 is 28.7 Å². The number of ketones is 2. The van der Waals surface area contributed by atoms with Crippen LogP contribution in [0.15, 0.2) is 37.6 Å². The summed E-state index contributed by atoms with van der Waals surface area (Å²) in [6, 6.07) is 1.41. The molecule has 0 aliphatic carbocycles. The molecular formula is C26H44N2O6Si2. The highest BCUT2D eigenvalue weighted by atomic mass is 28.3. The van der Waals surface area contributed by atoms with Crippen LogP contribution in [0.4, 0.5) is 9.59 Å². The molecule has 2 aliphatic rings. The molecule has 1 fully saturated rings. The van der Waals surface area contributed by atoms with Crippen LogP contribution in [0, 0.1) is 0 Å². The number of Topliss-reactive ketones (excluding diaryl/α,β-unsaturated/α-hetero) is 1. The number of amides is 2. The van der Waals surface area contributed by atoms with Gasteiger partial charge in [0.2, 0.25) is 0 Å². The van der Waals surface area contributed by atoms with Crippen LogP contribution in [-0.4, -0.2) is 81.5 Å². The Labute approximate surface area is 218 Å². The zero-order valence-electron chi connectivity index (χ0n) is 22.9. The molecule has 0 aromatic carbocycles. The highest BCUT2D eigenvalue weighted by Gasteiger charge is 2.30. The summed E-state index contributed by atoms with van der Waals surface area (Å²) in [7, 11) is -2.38. The van der Waals surface area contributed by atoms with Crippen molar-refractivity contribution in [1.82, 2.24) is 9.80 Å². The SMILES string of the molecule is C=CC1CC(=O)C=CN1C(=O)OCC[Si](C)(C)C.C=CC1CC(=O)CCN1C(=O)OCC[Si](C)(C)C. The molecule has 2 amide bonds. The number of rotatable bonds is 8. The van der Waals surface area contributed by atoms with Crippen molar-refractivity contribution in [1.29, 1.82) is 0 Å². The fraction of sp³-hybridized carbons (Fsp3) is 0.615. The molecule has 2 aliphatic heterocycles. The molecule has 36 heavy (non-hydrogen) atoms. The normalized spacial score (nSPS) is 20.3. The number of carbonyl (C=O) groups is 4. The molecular weight excluding hydrogens is 492 g/mol. The van der Waals surface area contributed by atoms with Gasteiger partial charge in [0, 0.05) is 48.2 Å². The average Bonchev–Trinajstić information content (AvgIpc) is 2.77. The molecule has 0 aromatic rings. The van der Waals surface area contributed by atoms with Crippen molar-refractivity contribution in [2.75, 3.05) is 19.8 Å². The molecule has 2 heterocycles. The van der Waals surface area contributed by atoms with Gasteiger partial charge in [-0.1, -0.05) is 51.4 Å². The van der Waals surface area contributed by atoms with E-state index < -0.39 is 22.2 Å². The summed E-state index contributed by atoms with van der Waals surface area (Å²) in [6.45, 7) is 22.1. The van der Waals surface area contributed by atoms with Crippen LogP contribution < -0.4 is 0 Å². The van der Waals surface area contributed by atoms with E-state index in [1.807, 2.05) is 0 Å². The zero-order valence-corrected chi connectivity index (χ0v) is 24.9. The summed E-state index contributed by atoms with van der Waals surface area (Å²) in [5, 5.41) is 0. The molecule has 0 radical (unpaired) electrons. The second-order valence-corrected chi connectivity index (χ2v) is 22.8. The van der Waals surface area contributed by atoms with Gasteiger partial charge in [0.05, 0.1) is 25.3 Å². The number of carbonyl (C=O) groups excluding carboxylic acids is 4. The molecule has 10 heteroatoms. The van der Waals surface area contributed by atoms with Crippen LogP contribution >= 0.6 is 0 Å². The highest BCUT2D eigenvalue weighted by molar-refractivity contribution is 6.76. The monoisotopic (exact) mass is 536 g/mol. The summed E-state index contributed by atoms with van der Waals surface area (Å²) >= 11 is 0. The zero-order chi connectivity index (χ0) is 27.5. The lowest BCUT2D eigenvalue weighted by Gasteiger charge is -2.32. The van der Waals surface area contributed by atoms with Gasteiger partial charge in [0.25, 0.3) is 0 Å². The van der Waals surface area contributed by atoms with Crippen LogP contribution in [0.1, 0.15) is 19.3 Å². The van der Waals surface area contributed by atoms with Crippen LogP contribution in [0.3, 0.4) is 0 Å². The number of hydrogen-bond donors (Lipinski definition) is 0. The van der Waals surface area contributed by atoms with Crippen molar-refractivity contribution in [3.8, 4) is 0 Å². The van der Waals surface area contributed by atoms with Gasteiger partial charge in [0.15, 0.2) is 5.78 Å². The number of allylic oxidation sites excluding steroid dienone is 1. The third-order valence-corrected chi connectivity index (χ3v) is 9.21. The van der Waals surface area contributed by atoms with E-state index in [1.165, 1.54) is 17.2 Å². The van der Waals surface area contributed by atoms with E-state index in [-0.39, 0.29) is 36.2 Å². The molecule has 2 rings (SSSR count). The van der Waals surface area contributed by atoms with Crippen molar-refractivity contribution in [2.24, 2.45) is 0 Å². The third kappa shape index (κ3) is 12.0. The van der Waals surface area contributed by atoms with Gasteiger partial charge >= 0.3 is 12.2 Å². The summed E-state index contributed by atoms with van der Waals surface area (Å²) in [6.07, 6.45) is 6.49. The average molecular weight is 537 g/mol. The predicted molar refractivity (Wildman–Crippen MR) is 149 cm³/mol. The lowest BCUT2D eigenvalue weighted by atomic mass is 10.0. The van der Waals surface area contributed by atoms with Crippen molar-refractivity contribution in [2.45, 2.75) is 82.7 Å². The van der Waals surface area contributed by atoms with E-state index >= 15 is 0 Å². The standard InChI is InChI=1S/C13H23NO3Si.C13H21NO3Si/c2*1-5-11-10-12(15)6-7-14(11)13(16)17-8-9-18(2,3)4/h5,11H,1,6-10H2,2-4H3;5-7,11H,1,8-10H2,2-4H3. The quantitative estimate of drug-likeness (QED) is 0.301. The number of ether oxygens (including phenoxy) is 2. The van der Waals surface area contributed by atoms with Gasteiger partial charge in [-0.15, -0.1) is 13.2 Å². The van der Waals surface area contributed by atoms with E-state index in [2.05, 4.69) is 52.4 Å². The predicted octanol–water partition coefficient (Wildman–Crippen LogP) is 5.49. The second-order valence-electron chi connectivity index (χ2n) is 11.5. The van der Waals surface area contributed by atoms with Crippen LogP contribution in [-0.2, 0) is 19.1 Å². The maximum absolute atomic E-state index is 11.9. The first-order valence-electron chi connectivity index (χ1n) is 12.5. The number of piperidine rings is 1. The largest absolute Gasteiger partial charge is 0.450 e. The topological polar surface area (TPSA) is 93.2 Å². The number of hydrogen-bond acceptors (Lipinski definition) is 6. The molecule has 0 N–H and O–H groups in total. The second kappa shape index (κ2) is 14.3. The van der Waals surface area contributed by atoms with E-state index in [0.29, 0.717) is 32.6 Å². The summed E-state index contributed by atoms with van der Waals surface area (Å²) in [5.74, 6) is 0.192. The summed E-state index contributed by atoms with van der Waals surface area (Å²) in [4.78, 5) is 49.4. The Bertz CT molecular complexity index is 844. The van der Waals surface area contributed by atoms with Gasteiger partial charge in [-0.25, -0.2) is 9.59 Å². The number of nitrogens with zero attached hydrogens (tertiary/aromatic N) is 2. The van der Waals surface area contributed by atoms with Crippen molar-refractivity contribution in [3.05, 3.63) is 37.6 Å². The molecule has 0 aromatic heterocycles. The maximum atomic E-state index is 11.9. The molecule has 2 atom stereocenters. The minimum Gasteiger partial charge on any atom is -0.450 e. The van der Waals surface area contributed by atoms with E-state index in [1.54, 1.807) is 17.1 Å². The lowest BCUT2D eigenvalue weighted by molar-refractivity contribution is -0.122. The third-order valence-electron chi connectivity index (χ3n) is 5.80. The van der Waals surface area contributed by atoms with E-state index in [0.717, 1.165) is 12.1 Å². The molecule has 1 saturated heterocycles.